The standard InChI is InChI=1S/C9H9NO3/c1-6-2-3-7(9(12)13)8(4-6)10-5-11/h2-5H,1H3,(H,10,11)(H,12,13). The van der Waals surface area contributed by atoms with E-state index in [2.05, 4.69) is 5.32 Å². The van der Waals surface area contributed by atoms with Gasteiger partial charge in [-0.2, -0.15) is 0 Å². The van der Waals surface area contributed by atoms with E-state index in [4.69, 9.17) is 5.11 Å². The molecule has 0 heterocycles. The Balaban J connectivity index is 3.17. The van der Waals surface area contributed by atoms with E-state index in [-0.39, 0.29) is 5.56 Å². The minimum absolute atomic E-state index is 0.0951. The van der Waals surface area contributed by atoms with Crippen LogP contribution in [0.4, 0.5) is 5.69 Å². The van der Waals surface area contributed by atoms with Crippen LogP contribution in [0.5, 0.6) is 0 Å². The van der Waals surface area contributed by atoms with Gasteiger partial charge in [0.1, 0.15) is 0 Å². The van der Waals surface area contributed by atoms with Crippen molar-refractivity contribution < 1.29 is 14.7 Å². The van der Waals surface area contributed by atoms with Crippen molar-refractivity contribution in [3.63, 3.8) is 0 Å². The maximum absolute atomic E-state index is 10.7. The molecule has 0 aromatic heterocycles. The van der Waals surface area contributed by atoms with Crippen LogP contribution in [0.1, 0.15) is 15.9 Å². The van der Waals surface area contributed by atoms with Gasteiger partial charge >= 0.3 is 5.97 Å². The van der Waals surface area contributed by atoms with Crippen LogP contribution in [0.3, 0.4) is 0 Å². The molecule has 0 spiro atoms. The van der Waals surface area contributed by atoms with Gasteiger partial charge in [-0.05, 0) is 24.6 Å². The number of hydrogen-bond donors (Lipinski definition) is 2. The summed E-state index contributed by atoms with van der Waals surface area (Å²) in [6.45, 7) is 1.82. The van der Waals surface area contributed by atoms with Crippen LogP contribution >= 0.6 is 0 Å². The van der Waals surface area contributed by atoms with Crippen LogP contribution < -0.4 is 5.32 Å². The highest BCUT2D eigenvalue weighted by molar-refractivity contribution is 5.96. The van der Waals surface area contributed by atoms with E-state index in [1.807, 2.05) is 6.92 Å². The summed E-state index contributed by atoms with van der Waals surface area (Å²) in [5, 5.41) is 11.1. The van der Waals surface area contributed by atoms with Gasteiger partial charge in [0.2, 0.25) is 6.41 Å². The smallest absolute Gasteiger partial charge is 0.337 e. The molecule has 0 saturated heterocycles. The molecule has 0 saturated carbocycles. The van der Waals surface area contributed by atoms with E-state index >= 15 is 0 Å². The SMILES string of the molecule is Cc1ccc(C(=O)O)c(NC=O)c1. The third-order valence-electron chi connectivity index (χ3n) is 1.62. The van der Waals surface area contributed by atoms with Crippen molar-refractivity contribution in [2.75, 3.05) is 5.32 Å². The molecular weight excluding hydrogens is 170 g/mol. The Morgan fingerprint density at radius 3 is 2.77 bits per heavy atom. The summed E-state index contributed by atoms with van der Waals surface area (Å²) in [6.07, 6.45) is 0.460. The van der Waals surface area contributed by atoms with Gasteiger partial charge in [0.15, 0.2) is 0 Å². The molecule has 1 amide bonds. The quantitative estimate of drug-likeness (QED) is 0.686. The molecule has 4 heteroatoms. The lowest BCUT2D eigenvalue weighted by molar-refractivity contribution is -0.105. The number of aryl methyl sites for hydroxylation is 1. The predicted molar refractivity (Wildman–Crippen MR) is 47.8 cm³/mol. The van der Waals surface area contributed by atoms with Crippen molar-refractivity contribution in [3.05, 3.63) is 29.3 Å². The van der Waals surface area contributed by atoms with Crippen LogP contribution in [0, 0.1) is 6.92 Å². The van der Waals surface area contributed by atoms with Gasteiger partial charge in [-0.15, -0.1) is 0 Å². The number of carboxylic acid groups (broad SMARTS) is 1. The number of rotatable bonds is 3. The van der Waals surface area contributed by atoms with Crippen LogP contribution in [-0.4, -0.2) is 17.5 Å². The van der Waals surface area contributed by atoms with E-state index in [0.29, 0.717) is 12.1 Å². The summed E-state index contributed by atoms with van der Waals surface area (Å²) in [7, 11) is 0. The van der Waals surface area contributed by atoms with Gasteiger partial charge in [-0.25, -0.2) is 4.79 Å². The number of carboxylic acids is 1. The van der Waals surface area contributed by atoms with Gasteiger partial charge in [0.25, 0.3) is 0 Å². The Labute approximate surface area is 75.2 Å². The molecule has 2 N–H and O–H groups in total. The first-order valence-electron chi connectivity index (χ1n) is 3.69. The minimum atomic E-state index is -1.05. The fraction of sp³-hybridized carbons (Fsp3) is 0.111. The monoisotopic (exact) mass is 179 g/mol. The molecule has 1 aromatic rings. The Morgan fingerprint density at radius 2 is 2.23 bits per heavy atom. The van der Waals surface area contributed by atoms with Gasteiger partial charge in [-0.1, -0.05) is 6.07 Å². The van der Waals surface area contributed by atoms with Gasteiger partial charge in [-0.3, -0.25) is 4.79 Å². The topological polar surface area (TPSA) is 66.4 Å². The lowest BCUT2D eigenvalue weighted by Crippen LogP contribution is -2.04. The van der Waals surface area contributed by atoms with E-state index in [1.165, 1.54) is 6.07 Å². The molecule has 0 aliphatic rings. The number of carbonyl (C=O) groups excluding carboxylic acids is 1. The van der Waals surface area contributed by atoms with Gasteiger partial charge in [0, 0.05) is 0 Å². The summed E-state index contributed by atoms with van der Waals surface area (Å²) in [5.41, 5.74) is 1.31. The van der Waals surface area contributed by atoms with Crippen LogP contribution in [0.25, 0.3) is 0 Å². The number of aromatic carboxylic acids is 1. The molecule has 13 heavy (non-hydrogen) atoms. The molecule has 0 radical (unpaired) electrons. The van der Waals surface area contributed by atoms with Crippen molar-refractivity contribution in [2.45, 2.75) is 6.92 Å². The molecule has 0 bridgehead atoms. The van der Waals surface area contributed by atoms with Crippen molar-refractivity contribution in [1.82, 2.24) is 0 Å². The van der Waals surface area contributed by atoms with Gasteiger partial charge in [0.05, 0.1) is 11.3 Å². The largest absolute Gasteiger partial charge is 0.478 e. The van der Waals surface area contributed by atoms with E-state index in [9.17, 15) is 9.59 Å². The molecule has 68 valence electrons. The number of anilines is 1. The first kappa shape index (κ1) is 9.25. The fourth-order valence-corrected chi connectivity index (χ4v) is 1.03. The number of amides is 1. The van der Waals surface area contributed by atoms with E-state index in [1.54, 1.807) is 12.1 Å². The van der Waals surface area contributed by atoms with E-state index in [0.717, 1.165) is 5.56 Å². The summed E-state index contributed by atoms with van der Waals surface area (Å²) in [5.74, 6) is -1.05. The van der Waals surface area contributed by atoms with Crippen LogP contribution in [0.15, 0.2) is 18.2 Å². The first-order chi connectivity index (χ1) is 6.15. The van der Waals surface area contributed by atoms with Crippen LogP contribution in [-0.2, 0) is 4.79 Å². The summed E-state index contributed by atoms with van der Waals surface area (Å²) >= 11 is 0. The van der Waals surface area contributed by atoms with Crippen molar-refractivity contribution in [1.29, 1.82) is 0 Å². The van der Waals surface area contributed by atoms with Crippen LogP contribution in [0.2, 0.25) is 0 Å². The Hall–Kier alpha value is -1.84. The zero-order valence-electron chi connectivity index (χ0n) is 7.07. The lowest BCUT2D eigenvalue weighted by atomic mass is 10.1. The zero-order valence-corrected chi connectivity index (χ0v) is 7.07. The third kappa shape index (κ3) is 2.05. The van der Waals surface area contributed by atoms with Crippen molar-refractivity contribution in [3.8, 4) is 0 Å². The highest BCUT2D eigenvalue weighted by atomic mass is 16.4. The Bertz CT molecular complexity index is 347. The summed E-state index contributed by atoms with van der Waals surface area (Å²) < 4.78 is 0. The normalized spacial score (nSPS) is 9.31. The second-order valence-electron chi connectivity index (χ2n) is 2.62. The van der Waals surface area contributed by atoms with Gasteiger partial charge < -0.3 is 10.4 Å². The molecule has 1 rings (SSSR count). The third-order valence-corrected chi connectivity index (χ3v) is 1.62. The predicted octanol–water partition coefficient (Wildman–Crippen LogP) is 1.26. The summed E-state index contributed by atoms with van der Waals surface area (Å²) in [6, 6.07) is 4.75. The molecule has 0 aliphatic carbocycles. The maximum atomic E-state index is 10.7. The average Bonchev–Trinajstić information content (AvgIpc) is 2.04. The molecule has 0 unspecified atom stereocenters. The maximum Gasteiger partial charge on any atom is 0.337 e. The highest BCUT2D eigenvalue weighted by Gasteiger charge is 2.08. The summed E-state index contributed by atoms with van der Waals surface area (Å²) in [4.78, 5) is 20.8. The lowest BCUT2D eigenvalue weighted by Gasteiger charge is -2.04. The molecule has 4 nitrogen and oxygen atoms in total. The number of nitrogens with one attached hydrogen (secondary N) is 1. The highest BCUT2D eigenvalue weighted by Crippen LogP contribution is 2.16. The zero-order chi connectivity index (χ0) is 9.84. The number of carbonyl (C=O) groups is 2. The average molecular weight is 179 g/mol. The first-order valence-corrected chi connectivity index (χ1v) is 3.69. The Morgan fingerprint density at radius 1 is 1.54 bits per heavy atom. The molecule has 0 atom stereocenters. The van der Waals surface area contributed by atoms with Crippen molar-refractivity contribution in [2.24, 2.45) is 0 Å². The van der Waals surface area contributed by atoms with E-state index < -0.39 is 5.97 Å². The second-order valence-corrected chi connectivity index (χ2v) is 2.62. The van der Waals surface area contributed by atoms with Crippen molar-refractivity contribution >= 4 is 18.1 Å². The fourth-order valence-electron chi connectivity index (χ4n) is 1.03. The molecule has 0 fully saturated rings. The minimum Gasteiger partial charge on any atom is -0.478 e. The molecule has 0 aliphatic heterocycles. The second kappa shape index (κ2) is 3.71. The number of benzene rings is 1. The molecular formula is C9H9NO3. The Kier molecular flexibility index (Phi) is 2.64. The number of hydrogen-bond acceptors (Lipinski definition) is 2. The molecule has 1 aromatic carbocycles.